The lowest BCUT2D eigenvalue weighted by atomic mass is 10.3. The number of pyridine rings is 1. The predicted octanol–water partition coefficient (Wildman–Crippen LogP) is 3.35. The molecular formula is C12H10N2O4S. The van der Waals surface area contributed by atoms with Crippen LogP contribution in [0, 0.1) is 17.0 Å². The van der Waals surface area contributed by atoms with Crippen LogP contribution >= 0.6 is 11.3 Å². The zero-order valence-corrected chi connectivity index (χ0v) is 11.1. The Kier molecular flexibility index (Phi) is 3.57. The molecule has 0 atom stereocenters. The third-order valence-corrected chi connectivity index (χ3v) is 3.42. The van der Waals surface area contributed by atoms with Crippen molar-refractivity contribution in [3.05, 3.63) is 45.1 Å². The Labute approximate surface area is 112 Å². The summed E-state index contributed by atoms with van der Waals surface area (Å²) in [4.78, 5) is 25.9. The molecule has 0 aliphatic heterocycles. The zero-order valence-electron chi connectivity index (χ0n) is 10.2. The van der Waals surface area contributed by atoms with E-state index >= 15 is 0 Å². The maximum Gasteiger partial charge on any atom is 0.323 e. The molecule has 0 amide bonds. The third-order valence-electron chi connectivity index (χ3n) is 2.32. The van der Waals surface area contributed by atoms with E-state index in [2.05, 4.69) is 4.98 Å². The van der Waals surface area contributed by atoms with Gasteiger partial charge >= 0.3 is 5.69 Å². The number of aryl methyl sites for hydroxylation is 1. The van der Waals surface area contributed by atoms with Crippen LogP contribution < -0.4 is 4.74 Å². The summed E-state index contributed by atoms with van der Waals surface area (Å²) in [5, 5.41) is 11.0. The van der Waals surface area contributed by atoms with Crippen molar-refractivity contribution >= 4 is 22.8 Å². The van der Waals surface area contributed by atoms with Gasteiger partial charge in [-0.2, -0.15) is 0 Å². The Balaban J connectivity index is 2.35. The van der Waals surface area contributed by atoms with Gasteiger partial charge in [0.15, 0.2) is 5.78 Å². The molecule has 0 aliphatic carbocycles. The standard InChI is InChI=1S/C12H10N2O4S/c1-7-3-4-9(6-13-7)18-12-10(14(16)17)5-11(19-12)8(2)15/h3-6H,1-2H3. The van der Waals surface area contributed by atoms with Crippen LogP contribution in [0.15, 0.2) is 24.4 Å². The first-order valence-electron chi connectivity index (χ1n) is 5.37. The highest BCUT2D eigenvalue weighted by molar-refractivity contribution is 7.16. The highest BCUT2D eigenvalue weighted by Gasteiger charge is 2.22. The normalized spacial score (nSPS) is 10.2. The van der Waals surface area contributed by atoms with Gasteiger partial charge in [0.1, 0.15) is 5.75 Å². The van der Waals surface area contributed by atoms with Crippen LogP contribution in [0.25, 0.3) is 0 Å². The number of hydrogen-bond acceptors (Lipinski definition) is 6. The van der Waals surface area contributed by atoms with Gasteiger partial charge in [0, 0.05) is 11.8 Å². The molecule has 0 N–H and O–H groups in total. The Morgan fingerprint density at radius 2 is 2.21 bits per heavy atom. The molecule has 2 aromatic rings. The molecule has 0 bridgehead atoms. The smallest absolute Gasteiger partial charge is 0.323 e. The van der Waals surface area contributed by atoms with E-state index in [4.69, 9.17) is 4.74 Å². The number of carbonyl (C=O) groups is 1. The van der Waals surface area contributed by atoms with Crippen molar-refractivity contribution in [1.82, 2.24) is 4.98 Å². The summed E-state index contributed by atoms with van der Waals surface area (Å²) >= 11 is 0.954. The Morgan fingerprint density at radius 1 is 1.47 bits per heavy atom. The molecule has 0 unspecified atom stereocenters. The first kappa shape index (κ1) is 13.2. The lowest BCUT2D eigenvalue weighted by Gasteiger charge is -2.01. The fraction of sp³-hybridized carbons (Fsp3) is 0.167. The van der Waals surface area contributed by atoms with Crippen molar-refractivity contribution in [1.29, 1.82) is 0 Å². The molecule has 7 heteroatoms. The summed E-state index contributed by atoms with van der Waals surface area (Å²) in [7, 11) is 0. The first-order valence-corrected chi connectivity index (χ1v) is 6.18. The second-order valence-corrected chi connectivity index (χ2v) is 4.85. The molecule has 0 aliphatic rings. The van der Waals surface area contributed by atoms with Crippen molar-refractivity contribution in [2.75, 3.05) is 0 Å². The molecule has 0 saturated carbocycles. The molecule has 0 aromatic carbocycles. The number of hydrogen-bond donors (Lipinski definition) is 0. The number of ether oxygens (including phenoxy) is 1. The number of carbonyl (C=O) groups excluding carboxylic acids is 1. The molecule has 2 heterocycles. The second kappa shape index (κ2) is 5.15. The van der Waals surface area contributed by atoms with Crippen molar-refractivity contribution in [2.45, 2.75) is 13.8 Å². The highest BCUT2D eigenvalue weighted by atomic mass is 32.1. The van der Waals surface area contributed by atoms with E-state index < -0.39 is 4.92 Å². The van der Waals surface area contributed by atoms with Gasteiger partial charge in [0.2, 0.25) is 0 Å². The van der Waals surface area contributed by atoms with Crippen LogP contribution in [-0.2, 0) is 0 Å². The maximum absolute atomic E-state index is 11.3. The molecule has 6 nitrogen and oxygen atoms in total. The van der Waals surface area contributed by atoms with Crippen LogP contribution in [0.4, 0.5) is 5.69 Å². The fourth-order valence-electron chi connectivity index (χ4n) is 1.36. The number of aromatic nitrogens is 1. The highest BCUT2D eigenvalue weighted by Crippen LogP contribution is 2.39. The van der Waals surface area contributed by atoms with E-state index in [0.717, 1.165) is 17.0 Å². The average Bonchev–Trinajstić information content (AvgIpc) is 2.76. The van der Waals surface area contributed by atoms with Crippen LogP contribution in [0.5, 0.6) is 10.8 Å². The summed E-state index contributed by atoms with van der Waals surface area (Å²) in [6.07, 6.45) is 1.48. The van der Waals surface area contributed by atoms with Gasteiger partial charge in [0.05, 0.1) is 16.0 Å². The average molecular weight is 278 g/mol. The minimum absolute atomic E-state index is 0.0841. The van der Waals surface area contributed by atoms with Crippen LogP contribution in [0.2, 0.25) is 0 Å². The van der Waals surface area contributed by atoms with E-state index in [0.29, 0.717) is 10.6 Å². The van der Waals surface area contributed by atoms with Gasteiger partial charge in [-0.3, -0.25) is 19.9 Å². The van der Waals surface area contributed by atoms with E-state index in [1.54, 1.807) is 12.1 Å². The van der Waals surface area contributed by atoms with Crippen molar-refractivity contribution in [3.63, 3.8) is 0 Å². The molecule has 0 fully saturated rings. The Bertz CT molecular complexity index is 634. The SMILES string of the molecule is CC(=O)c1cc([N+](=O)[O-])c(Oc2ccc(C)nc2)s1. The number of Topliss-reactive ketones (excluding diaryl/α,β-unsaturated/α-hetero) is 1. The van der Waals surface area contributed by atoms with E-state index in [1.807, 2.05) is 6.92 Å². The van der Waals surface area contributed by atoms with Gasteiger partial charge in [-0.25, -0.2) is 0 Å². The van der Waals surface area contributed by atoms with Gasteiger partial charge in [-0.15, -0.1) is 0 Å². The van der Waals surface area contributed by atoms with Gasteiger partial charge in [-0.1, -0.05) is 11.3 Å². The van der Waals surface area contributed by atoms with Crippen LogP contribution in [0.1, 0.15) is 22.3 Å². The maximum atomic E-state index is 11.3. The minimum atomic E-state index is -0.570. The summed E-state index contributed by atoms with van der Waals surface area (Å²) in [6, 6.07) is 4.63. The summed E-state index contributed by atoms with van der Waals surface area (Å²) < 4.78 is 5.42. The number of nitro groups is 1. The molecule has 98 valence electrons. The third kappa shape index (κ3) is 2.94. The number of ketones is 1. The zero-order chi connectivity index (χ0) is 14.0. The molecule has 0 radical (unpaired) electrons. The van der Waals surface area contributed by atoms with E-state index in [1.165, 1.54) is 19.2 Å². The van der Waals surface area contributed by atoms with E-state index in [9.17, 15) is 14.9 Å². The monoisotopic (exact) mass is 278 g/mol. The van der Waals surface area contributed by atoms with Crippen molar-refractivity contribution in [3.8, 4) is 10.8 Å². The predicted molar refractivity (Wildman–Crippen MR) is 70.0 cm³/mol. The number of rotatable bonds is 4. The molecule has 0 spiro atoms. The van der Waals surface area contributed by atoms with Crippen LogP contribution in [-0.4, -0.2) is 15.7 Å². The quantitative estimate of drug-likeness (QED) is 0.486. The Morgan fingerprint density at radius 3 is 2.74 bits per heavy atom. The molecular weight excluding hydrogens is 268 g/mol. The lowest BCUT2D eigenvalue weighted by molar-refractivity contribution is -0.385. The van der Waals surface area contributed by atoms with E-state index in [-0.39, 0.29) is 16.5 Å². The number of thiophene rings is 1. The molecule has 2 rings (SSSR count). The minimum Gasteiger partial charge on any atom is -0.438 e. The fourth-order valence-corrected chi connectivity index (χ4v) is 2.25. The summed E-state index contributed by atoms with van der Waals surface area (Å²) in [6.45, 7) is 3.18. The summed E-state index contributed by atoms with van der Waals surface area (Å²) in [5.74, 6) is 0.163. The van der Waals surface area contributed by atoms with Crippen molar-refractivity contribution in [2.24, 2.45) is 0 Å². The van der Waals surface area contributed by atoms with Gasteiger partial charge in [0.25, 0.3) is 5.06 Å². The number of nitrogens with zero attached hydrogens (tertiary/aromatic N) is 2. The van der Waals surface area contributed by atoms with Crippen molar-refractivity contribution < 1.29 is 14.5 Å². The van der Waals surface area contributed by atoms with Gasteiger partial charge in [-0.05, 0) is 26.0 Å². The topological polar surface area (TPSA) is 82.3 Å². The molecule has 2 aromatic heterocycles. The van der Waals surface area contributed by atoms with Crippen LogP contribution in [0.3, 0.4) is 0 Å². The molecule has 19 heavy (non-hydrogen) atoms. The first-order chi connectivity index (χ1) is 8.97. The summed E-state index contributed by atoms with van der Waals surface area (Å²) in [5.41, 5.74) is 0.605. The largest absolute Gasteiger partial charge is 0.438 e. The Hall–Kier alpha value is -2.28. The lowest BCUT2D eigenvalue weighted by Crippen LogP contribution is -1.90. The van der Waals surface area contributed by atoms with Gasteiger partial charge < -0.3 is 4.74 Å². The second-order valence-electron chi connectivity index (χ2n) is 3.83. The molecule has 0 saturated heterocycles.